The standard InChI is InChI=1S/C27H27N5O2/c1-17-11-20(7-10-24(17)34-21-8-5-18(2)28-14-21)31-26-22-12-19(6-9-23(22)29-16-30-26)13-25-32-27(3,4)15-33-25/h5-12,14,16H,13,15H2,1-4H3,(H,29,30,31). The molecule has 0 saturated heterocycles. The molecule has 0 radical (unpaired) electrons. The number of aryl methyl sites for hydroxylation is 2. The molecule has 172 valence electrons. The Morgan fingerprint density at radius 1 is 1.00 bits per heavy atom. The number of aliphatic imine (C=N–C) groups is 1. The van der Waals surface area contributed by atoms with Crippen molar-refractivity contribution in [1.82, 2.24) is 15.0 Å². The number of rotatable bonds is 6. The van der Waals surface area contributed by atoms with E-state index in [0.29, 0.717) is 18.8 Å². The second kappa shape index (κ2) is 8.74. The Kier molecular flexibility index (Phi) is 5.61. The molecule has 1 N–H and O–H groups in total. The van der Waals surface area contributed by atoms with E-state index in [4.69, 9.17) is 9.47 Å². The zero-order chi connectivity index (χ0) is 23.7. The molecule has 2 aromatic carbocycles. The van der Waals surface area contributed by atoms with E-state index in [1.165, 1.54) is 0 Å². The van der Waals surface area contributed by atoms with Crippen molar-refractivity contribution in [3.8, 4) is 11.5 Å². The molecular weight excluding hydrogens is 426 g/mol. The number of hydrogen-bond acceptors (Lipinski definition) is 7. The Balaban J connectivity index is 1.37. The number of anilines is 2. The number of nitrogens with zero attached hydrogens (tertiary/aromatic N) is 4. The summed E-state index contributed by atoms with van der Waals surface area (Å²) in [6.07, 6.45) is 3.95. The van der Waals surface area contributed by atoms with E-state index in [1.54, 1.807) is 12.5 Å². The Hall–Kier alpha value is -4.00. The molecule has 5 rings (SSSR count). The van der Waals surface area contributed by atoms with Crippen molar-refractivity contribution < 1.29 is 9.47 Å². The fourth-order valence-electron chi connectivity index (χ4n) is 3.86. The number of nitrogens with one attached hydrogen (secondary N) is 1. The summed E-state index contributed by atoms with van der Waals surface area (Å²) in [5.41, 5.74) is 4.70. The van der Waals surface area contributed by atoms with Gasteiger partial charge in [-0.2, -0.15) is 0 Å². The number of ether oxygens (including phenoxy) is 2. The minimum absolute atomic E-state index is 0.161. The minimum Gasteiger partial charge on any atom is -0.478 e. The van der Waals surface area contributed by atoms with Crippen LogP contribution in [0.2, 0.25) is 0 Å². The van der Waals surface area contributed by atoms with Crippen LogP contribution in [-0.2, 0) is 11.2 Å². The van der Waals surface area contributed by atoms with E-state index in [9.17, 15) is 0 Å². The van der Waals surface area contributed by atoms with Gasteiger partial charge in [0.15, 0.2) is 5.90 Å². The largest absolute Gasteiger partial charge is 0.478 e. The van der Waals surface area contributed by atoms with Gasteiger partial charge in [-0.05, 0) is 81.3 Å². The Labute approximate surface area is 198 Å². The highest BCUT2D eigenvalue weighted by molar-refractivity contribution is 5.92. The maximum absolute atomic E-state index is 5.99. The topological polar surface area (TPSA) is 81.5 Å². The molecule has 0 spiro atoms. The average molecular weight is 454 g/mol. The molecule has 4 aromatic rings. The van der Waals surface area contributed by atoms with Crippen LogP contribution in [0.3, 0.4) is 0 Å². The van der Waals surface area contributed by atoms with Crippen LogP contribution in [0.5, 0.6) is 11.5 Å². The third kappa shape index (κ3) is 4.83. The van der Waals surface area contributed by atoms with Crippen LogP contribution >= 0.6 is 0 Å². The maximum Gasteiger partial charge on any atom is 0.188 e. The second-order valence-corrected chi connectivity index (χ2v) is 9.20. The van der Waals surface area contributed by atoms with Crippen LogP contribution in [0, 0.1) is 13.8 Å². The van der Waals surface area contributed by atoms with E-state index in [-0.39, 0.29) is 5.54 Å². The second-order valence-electron chi connectivity index (χ2n) is 9.20. The van der Waals surface area contributed by atoms with E-state index < -0.39 is 0 Å². The molecule has 0 saturated carbocycles. The molecule has 1 aliphatic heterocycles. The summed E-state index contributed by atoms with van der Waals surface area (Å²) in [7, 11) is 0. The predicted octanol–water partition coefficient (Wildman–Crippen LogP) is 5.93. The zero-order valence-electron chi connectivity index (χ0n) is 19.8. The van der Waals surface area contributed by atoms with Gasteiger partial charge in [0.25, 0.3) is 0 Å². The van der Waals surface area contributed by atoms with Crippen molar-refractivity contribution in [3.05, 3.63) is 77.9 Å². The third-order valence-electron chi connectivity index (χ3n) is 5.62. The normalized spacial score (nSPS) is 14.5. The first kappa shape index (κ1) is 21.8. The Bertz CT molecular complexity index is 1380. The SMILES string of the molecule is Cc1ccc(Oc2ccc(Nc3ncnc4ccc(CC5=NC(C)(C)CO5)cc34)cc2C)cn1. The summed E-state index contributed by atoms with van der Waals surface area (Å²) in [5.74, 6) is 3.01. The first-order chi connectivity index (χ1) is 16.3. The fourth-order valence-corrected chi connectivity index (χ4v) is 3.86. The monoisotopic (exact) mass is 453 g/mol. The van der Waals surface area contributed by atoms with Gasteiger partial charge in [0.2, 0.25) is 0 Å². The summed E-state index contributed by atoms with van der Waals surface area (Å²) >= 11 is 0. The lowest BCUT2D eigenvalue weighted by Gasteiger charge is -2.13. The fraction of sp³-hybridized carbons (Fsp3) is 0.259. The molecule has 0 aliphatic carbocycles. The molecule has 3 heterocycles. The van der Waals surface area contributed by atoms with Crippen molar-refractivity contribution in [3.63, 3.8) is 0 Å². The van der Waals surface area contributed by atoms with E-state index in [1.807, 2.05) is 50.2 Å². The van der Waals surface area contributed by atoms with Crippen molar-refractivity contribution in [2.45, 2.75) is 39.7 Å². The molecule has 34 heavy (non-hydrogen) atoms. The number of fused-ring (bicyclic) bond motifs is 1. The highest BCUT2D eigenvalue weighted by Gasteiger charge is 2.26. The summed E-state index contributed by atoms with van der Waals surface area (Å²) in [5, 5.41) is 4.39. The number of pyridine rings is 1. The first-order valence-corrected chi connectivity index (χ1v) is 11.3. The van der Waals surface area contributed by atoms with Crippen LogP contribution in [0.1, 0.15) is 30.7 Å². The smallest absolute Gasteiger partial charge is 0.188 e. The lowest BCUT2D eigenvalue weighted by molar-refractivity contribution is 0.275. The molecular formula is C27H27N5O2. The molecule has 2 aromatic heterocycles. The van der Waals surface area contributed by atoms with Gasteiger partial charge < -0.3 is 14.8 Å². The van der Waals surface area contributed by atoms with Gasteiger partial charge in [0, 0.05) is 23.2 Å². The van der Waals surface area contributed by atoms with Gasteiger partial charge in [-0.25, -0.2) is 15.0 Å². The maximum atomic E-state index is 5.99. The highest BCUT2D eigenvalue weighted by atomic mass is 16.5. The van der Waals surface area contributed by atoms with Crippen LogP contribution in [0.15, 0.2) is 66.0 Å². The van der Waals surface area contributed by atoms with Gasteiger partial charge in [0.1, 0.15) is 30.3 Å². The number of aromatic nitrogens is 3. The Morgan fingerprint density at radius 3 is 2.62 bits per heavy atom. The summed E-state index contributed by atoms with van der Waals surface area (Å²) in [4.78, 5) is 17.9. The number of hydrogen-bond donors (Lipinski definition) is 1. The minimum atomic E-state index is -0.161. The van der Waals surface area contributed by atoms with Crippen LogP contribution in [0.25, 0.3) is 10.9 Å². The molecule has 1 aliphatic rings. The quantitative estimate of drug-likeness (QED) is 0.390. The van der Waals surface area contributed by atoms with Crippen molar-refractivity contribution in [2.24, 2.45) is 4.99 Å². The highest BCUT2D eigenvalue weighted by Crippen LogP contribution is 2.30. The molecule has 7 heteroatoms. The molecule has 0 unspecified atom stereocenters. The van der Waals surface area contributed by atoms with Gasteiger partial charge in [0.05, 0.1) is 17.3 Å². The molecule has 0 bridgehead atoms. The average Bonchev–Trinajstić information content (AvgIpc) is 3.15. The van der Waals surface area contributed by atoms with Crippen molar-refractivity contribution >= 4 is 28.3 Å². The van der Waals surface area contributed by atoms with Crippen molar-refractivity contribution in [2.75, 3.05) is 11.9 Å². The van der Waals surface area contributed by atoms with Crippen LogP contribution in [-0.4, -0.2) is 33.0 Å². The third-order valence-corrected chi connectivity index (χ3v) is 5.62. The molecule has 0 atom stereocenters. The molecule has 0 amide bonds. The summed E-state index contributed by atoms with van der Waals surface area (Å²) in [6, 6.07) is 16.0. The summed E-state index contributed by atoms with van der Waals surface area (Å²) in [6.45, 7) is 8.73. The van der Waals surface area contributed by atoms with Crippen LogP contribution < -0.4 is 10.1 Å². The predicted molar refractivity (Wildman–Crippen MR) is 134 cm³/mol. The van der Waals surface area contributed by atoms with E-state index in [0.717, 1.165) is 50.9 Å². The first-order valence-electron chi connectivity index (χ1n) is 11.3. The lowest BCUT2D eigenvalue weighted by atomic mass is 10.1. The van der Waals surface area contributed by atoms with Gasteiger partial charge in [-0.1, -0.05) is 6.07 Å². The molecule has 7 nitrogen and oxygen atoms in total. The van der Waals surface area contributed by atoms with Crippen molar-refractivity contribution in [1.29, 1.82) is 0 Å². The zero-order valence-corrected chi connectivity index (χ0v) is 19.8. The summed E-state index contributed by atoms with van der Waals surface area (Å²) < 4.78 is 11.8. The van der Waals surface area contributed by atoms with Crippen LogP contribution in [0.4, 0.5) is 11.5 Å². The van der Waals surface area contributed by atoms with Gasteiger partial charge >= 0.3 is 0 Å². The molecule has 0 fully saturated rings. The number of benzene rings is 2. The van der Waals surface area contributed by atoms with Gasteiger partial charge in [-0.3, -0.25) is 4.98 Å². The van der Waals surface area contributed by atoms with Gasteiger partial charge in [-0.15, -0.1) is 0 Å². The Morgan fingerprint density at radius 2 is 1.88 bits per heavy atom. The van der Waals surface area contributed by atoms with E-state index >= 15 is 0 Å². The van der Waals surface area contributed by atoms with E-state index in [2.05, 4.69) is 51.2 Å². The lowest BCUT2D eigenvalue weighted by Crippen LogP contribution is -2.17.